The number of ether oxygens (including phenoxy) is 2. The van der Waals surface area contributed by atoms with Gasteiger partial charge in [0.15, 0.2) is 12.2 Å². The molecule has 2 heterocycles. The molecule has 2 fully saturated rings. The van der Waals surface area contributed by atoms with Crippen LogP contribution in [0, 0.1) is 5.92 Å². The van der Waals surface area contributed by atoms with Gasteiger partial charge in [-0.25, -0.2) is 4.79 Å². The number of epoxide rings is 1. The zero-order chi connectivity index (χ0) is 20.8. The molecule has 2 saturated heterocycles. The molecule has 28 heavy (non-hydrogen) atoms. The van der Waals surface area contributed by atoms with Crippen molar-refractivity contribution in [1.82, 2.24) is 15.5 Å². The highest BCUT2D eigenvalue weighted by Crippen LogP contribution is 2.25. The van der Waals surface area contributed by atoms with Crippen molar-refractivity contribution in [2.75, 3.05) is 20.2 Å². The van der Waals surface area contributed by atoms with Crippen molar-refractivity contribution in [3.8, 4) is 0 Å². The van der Waals surface area contributed by atoms with Gasteiger partial charge in [0.1, 0.15) is 12.1 Å². The number of nitrogens with one attached hydrogen (secondary N) is 2. The lowest BCUT2D eigenvalue weighted by Crippen LogP contribution is -2.55. The predicted octanol–water partition coefficient (Wildman–Crippen LogP) is -0.0251. The minimum Gasteiger partial charge on any atom is -0.467 e. The Labute approximate surface area is 165 Å². The SMILES string of the molecule is CCCNC(=O)[C@H]1O[C@@H]1C(=O)N[C@H](C(=O)N1CCC[C@H]1C(=O)OC)[C@@H](C)CC. The molecule has 9 heteroatoms. The first-order chi connectivity index (χ1) is 13.3. The zero-order valence-electron chi connectivity index (χ0n) is 17.0. The maximum atomic E-state index is 13.1. The van der Waals surface area contributed by atoms with E-state index in [-0.39, 0.29) is 17.7 Å². The maximum absolute atomic E-state index is 13.1. The second-order valence-electron chi connectivity index (χ2n) is 7.35. The lowest BCUT2D eigenvalue weighted by molar-refractivity contribution is -0.152. The van der Waals surface area contributed by atoms with Gasteiger partial charge in [-0.15, -0.1) is 0 Å². The van der Waals surface area contributed by atoms with Crippen LogP contribution in [0.3, 0.4) is 0 Å². The van der Waals surface area contributed by atoms with Crippen LogP contribution in [0.25, 0.3) is 0 Å². The fourth-order valence-electron chi connectivity index (χ4n) is 3.37. The number of rotatable bonds is 9. The molecule has 0 aromatic heterocycles. The molecule has 9 nitrogen and oxygen atoms in total. The molecule has 0 bridgehead atoms. The Bertz CT molecular complexity index is 610. The number of hydrogen-bond acceptors (Lipinski definition) is 6. The van der Waals surface area contributed by atoms with E-state index in [9.17, 15) is 19.2 Å². The number of carbonyl (C=O) groups excluding carboxylic acids is 4. The van der Waals surface area contributed by atoms with Gasteiger partial charge in [0.25, 0.3) is 11.8 Å². The van der Waals surface area contributed by atoms with Crippen LogP contribution in [0.2, 0.25) is 0 Å². The van der Waals surface area contributed by atoms with Crippen LogP contribution in [0.15, 0.2) is 0 Å². The van der Waals surface area contributed by atoms with Crippen molar-refractivity contribution in [2.45, 2.75) is 70.7 Å². The predicted molar refractivity (Wildman–Crippen MR) is 100 cm³/mol. The van der Waals surface area contributed by atoms with Crippen LogP contribution < -0.4 is 10.6 Å². The van der Waals surface area contributed by atoms with E-state index in [0.29, 0.717) is 32.4 Å². The molecule has 2 aliphatic heterocycles. The molecule has 5 atom stereocenters. The third kappa shape index (κ3) is 5.01. The molecule has 2 N–H and O–H groups in total. The monoisotopic (exact) mass is 397 g/mol. The van der Waals surface area contributed by atoms with Gasteiger partial charge >= 0.3 is 5.97 Å². The van der Waals surface area contributed by atoms with Crippen molar-refractivity contribution < 1.29 is 28.7 Å². The van der Waals surface area contributed by atoms with Crippen molar-refractivity contribution in [3.63, 3.8) is 0 Å². The molecule has 0 aliphatic carbocycles. The van der Waals surface area contributed by atoms with Crippen molar-refractivity contribution >= 4 is 23.7 Å². The normalized spacial score (nSPS) is 25.6. The number of nitrogens with zero attached hydrogens (tertiary/aromatic N) is 1. The number of esters is 1. The maximum Gasteiger partial charge on any atom is 0.328 e. The fraction of sp³-hybridized carbons (Fsp3) is 0.789. The molecule has 2 rings (SSSR count). The molecule has 0 aromatic rings. The molecular formula is C19H31N3O6. The molecule has 158 valence electrons. The number of carbonyl (C=O) groups is 4. The Morgan fingerprint density at radius 1 is 1.18 bits per heavy atom. The van der Waals surface area contributed by atoms with Gasteiger partial charge in [-0.3, -0.25) is 14.4 Å². The highest BCUT2D eigenvalue weighted by Gasteiger charge is 2.51. The van der Waals surface area contributed by atoms with Gasteiger partial charge in [-0.1, -0.05) is 27.2 Å². The summed E-state index contributed by atoms with van der Waals surface area (Å²) in [6.07, 6.45) is 1.01. The van der Waals surface area contributed by atoms with E-state index in [2.05, 4.69) is 10.6 Å². The number of hydrogen-bond donors (Lipinski definition) is 2. The average Bonchev–Trinajstić information content (AvgIpc) is 3.36. The Kier molecular flexibility index (Phi) is 7.79. The zero-order valence-corrected chi connectivity index (χ0v) is 17.0. The van der Waals surface area contributed by atoms with E-state index in [1.807, 2.05) is 20.8 Å². The van der Waals surface area contributed by atoms with Crippen LogP contribution in [0.1, 0.15) is 46.5 Å². The first-order valence-electron chi connectivity index (χ1n) is 9.97. The molecule has 0 spiro atoms. The third-order valence-corrected chi connectivity index (χ3v) is 5.34. The summed E-state index contributed by atoms with van der Waals surface area (Å²) in [5.74, 6) is -1.69. The van der Waals surface area contributed by atoms with E-state index >= 15 is 0 Å². The van der Waals surface area contributed by atoms with Gasteiger partial charge in [0.2, 0.25) is 5.91 Å². The molecule has 0 radical (unpaired) electrons. The number of likely N-dealkylation sites (tertiary alicyclic amines) is 1. The van der Waals surface area contributed by atoms with Crippen LogP contribution in [-0.4, -0.2) is 73.1 Å². The largest absolute Gasteiger partial charge is 0.467 e. The topological polar surface area (TPSA) is 117 Å². The van der Waals surface area contributed by atoms with Crippen molar-refractivity contribution in [2.24, 2.45) is 5.92 Å². The molecular weight excluding hydrogens is 366 g/mol. The summed E-state index contributed by atoms with van der Waals surface area (Å²) in [5.41, 5.74) is 0. The van der Waals surface area contributed by atoms with Crippen LogP contribution in [0.4, 0.5) is 0 Å². The van der Waals surface area contributed by atoms with Gasteiger partial charge < -0.3 is 25.0 Å². The van der Waals surface area contributed by atoms with Gasteiger partial charge in [0, 0.05) is 13.1 Å². The van der Waals surface area contributed by atoms with E-state index < -0.39 is 36.2 Å². The third-order valence-electron chi connectivity index (χ3n) is 5.34. The molecule has 3 amide bonds. The summed E-state index contributed by atoms with van der Waals surface area (Å²) in [4.78, 5) is 51.0. The van der Waals surface area contributed by atoms with Crippen molar-refractivity contribution in [3.05, 3.63) is 0 Å². The quantitative estimate of drug-likeness (QED) is 0.417. The summed E-state index contributed by atoms with van der Waals surface area (Å²) in [5, 5.41) is 5.43. The van der Waals surface area contributed by atoms with Gasteiger partial charge in [-0.05, 0) is 25.2 Å². The van der Waals surface area contributed by atoms with E-state index in [0.717, 1.165) is 6.42 Å². The molecule has 0 unspecified atom stereocenters. The minimum absolute atomic E-state index is 0.138. The lowest BCUT2D eigenvalue weighted by atomic mass is 9.97. The average molecular weight is 397 g/mol. The summed E-state index contributed by atoms with van der Waals surface area (Å²) in [6.45, 7) is 6.69. The second kappa shape index (κ2) is 9.86. The highest BCUT2D eigenvalue weighted by molar-refractivity contribution is 5.97. The first-order valence-corrected chi connectivity index (χ1v) is 9.97. The molecule has 0 saturated carbocycles. The molecule has 0 aromatic carbocycles. The summed E-state index contributed by atoms with van der Waals surface area (Å²) < 4.78 is 10.0. The minimum atomic E-state index is -0.883. The van der Waals surface area contributed by atoms with Gasteiger partial charge in [-0.2, -0.15) is 0 Å². The lowest BCUT2D eigenvalue weighted by Gasteiger charge is -2.30. The van der Waals surface area contributed by atoms with Gasteiger partial charge in [0.05, 0.1) is 7.11 Å². The fourth-order valence-corrected chi connectivity index (χ4v) is 3.37. The Hall–Kier alpha value is -2.16. The van der Waals surface area contributed by atoms with E-state index in [1.54, 1.807) is 0 Å². The Morgan fingerprint density at radius 2 is 1.86 bits per heavy atom. The summed E-state index contributed by atoms with van der Waals surface area (Å²) >= 11 is 0. The molecule has 2 aliphatic rings. The Morgan fingerprint density at radius 3 is 2.46 bits per heavy atom. The first kappa shape index (κ1) is 22.1. The van der Waals surface area contributed by atoms with Crippen LogP contribution >= 0.6 is 0 Å². The smallest absolute Gasteiger partial charge is 0.328 e. The van der Waals surface area contributed by atoms with E-state index in [4.69, 9.17) is 9.47 Å². The second-order valence-corrected chi connectivity index (χ2v) is 7.35. The summed E-state index contributed by atoms with van der Waals surface area (Å²) in [6, 6.07) is -1.41. The standard InChI is InChI=1S/C19H31N3O6/c1-5-9-20-16(23)14-15(28-14)17(24)21-13(11(3)6-2)18(25)22-10-7-8-12(22)19(26)27-4/h11-15H,5-10H2,1-4H3,(H,20,23)(H,21,24)/t11-,12-,13-,14-,15-/m0/s1. The Balaban J connectivity index is 2.02. The van der Waals surface area contributed by atoms with Crippen LogP contribution in [0.5, 0.6) is 0 Å². The summed E-state index contributed by atoms with van der Waals surface area (Å²) in [7, 11) is 1.30. The number of methoxy groups -OCH3 is 1. The number of amides is 3. The highest BCUT2D eigenvalue weighted by atomic mass is 16.6. The van der Waals surface area contributed by atoms with Crippen LogP contribution in [-0.2, 0) is 28.7 Å². The van der Waals surface area contributed by atoms with E-state index in [1.165, 1.54) is 12.0 Å². The van der Waals surface area contributed by atoms with Crippen molar-refractivity contribution in [1.29, 1.82) is 0 Å².